The second-order valence-electron chi connectivity index (χ2n) is 9.80. The maximum absolute atomic E-state index is 14.9. The first-order chi connectivity index (χ1) is 17.1. The largest absolute Gasteiger partial charge is 0.451 e. The highest BCUT2D eigenvalue weighted by molar-refractivity contribution is 7.98. The molecule has 8 nitrogen and oxygen atoms in total. The zero-order valence-corrected chi connectivity index (χ0v) is 21.5. The van der Waals surface area contributed by atoms with E-state index in [2.05, 4.69) is 20.6 Å². The maximum Gasteiger partial charge on any atom is 0.287 e. The monoisotopic (exact) mass is 512 g/mol. The third-order valence-electron chi connectivity index (χ3n) is 6.10. The van der Waals surface area contributed by atoms with Gasteiger partial charge in [-0.3, -0.25) is 14.4 Å². The fraction of sp³-hybridized carbons (Fsp3) is 0.385. The molecule has 36 heavy (non-hydrogen) atoms. The molecule has 0 saturated carbocycles. The zero-order chi connectivity index (χ0) is 26.0. The second kappa shape index (κ2) is 10.3. The molecular weight excluding hydrogens is 483 g/mol. The van der Waals surface area contributed by atoms with Gasteiger partial charge >= 0.3 is 0 Å². The van der Waals surface area contributed by atoms with Gasteiger partial charge in [0.1, 0.15) is 17.6 Å². The Bertz CT molecular complexity index is 1360. The minimum atomic E-state index is -0.757. The van der Waals surface area contributed by atoms with Crippen LogP contribution >= 0.6 is 11.8 Å². The van der Waals surface area contributed by atoms with E-state index in [0.29, 0.717) is 27.8 Å². The van der Waals surface area contributed by atoms with Gasteiger partial charge in [-0.25, -0.2) is 9.37 Å². The van der Waals surface area contributed by atoms with Gasteiger partial charge in [0.25, 0.3) is 11.5 Å². The molecular formula is C26H29FN4O4S. The van der Waals surface area contributed by atoms with E-state index in [0.717, 1.165) is 30.5 Å². The standard InChI is InChI=1S/C26H29FN4O4S/c1-26(2,3)21(24(34)28-4)30-23(33)20-11-10-19(35-20)14-8-9-15(17(27)12-14)13-36-25-29-18-7-5-6-16(18)22(32)31-25/h8-12,21H,5-7,13H2,1-4H3,(H,28,34)(H,30,33)(H,29,31,32)/t21-/m0/s1. The molecule has 190 valence electrons. The van der Waals surface area contributed by atoms with Crippen molar-refractivity contribution in [2.24, 2.45) is 5.41 Å². The molecule has 0 bridgehead atoms. The number of furan rings is 1. The number of nitrogens with one attached hydrogen (secondary N) is 3. The van der Waals surface area contributed by atoms with Crippen LogP contribution in [0, 0.1) is 11.2 Å². The molecule has 1 aliphatic carbocycles. The van der Waals surface area contributed by atoms with Gasteiger partial charge in [-0.15, -0.1) is 0 Å². The Morgan fingerprint density at radius 3 is 2.69 bits per heavy atom. The summed E-state index contributed by atoms with van der Waals surface area (Å²) in [5.74, 6) is -0.623. The molecule has 10 heteroatoms. The fourth-order valence-electron chi connectivity index (χ4n) is 4.09. The summed E-state index contributed by atoms with van der Waals surface area (Å²) in [6, 6.07) is 7.02. The number of rotatable bonds is 7. The van der Waals surface area contributed by atoms with Gasteiger partial charge in [0.15, 0.2) is 10.9 Å². The molecule has 1 aliphatic rings. The van der Waals surface area contributed by atoms with Crippen molar-refractivity contribution in [2.75, 3.05) is 7.05 Å². The lowest BCUT2D eigenvalue weighted by atomic mass is 9.86. The molecule has 0 spiro atoms. The minimum Gasteiger partial charge on any atom is -0.451 e. The van der Waals surface area contributed by atoms with Gasteiger partial charge in [-0.2, -0.15) is 0 Å². The van der Waals surface area contributed by atoms with Crippen molar-refractivity contribution in [2.45, 2.75) is 57.0 Å². The first kappa shape index (κ1) is 25.7. The number of likely N-dealkylation sites (N-methyl/N-ethyl adjacent to an activating group) is 1. The van der Waals surface area contributed by atoms with E-state index in [9.17, 15) is 18.8 Å². The van der Waals surface area contributed by atoms with Gasteiger partial charge in [0, 0.05) is 23.9 Å². The first-order valence-corrected chi connectivity index (χ1v) is 12.7. The Kier molecular flexibility index (Phi) is 7.35. The van der Waals surface area contributed by atoms with Gasteiger partial charge < -0.3 is 20.0 Å². The Morgan fingerprint density at radius 2 is 2.00 bits per heavy atom. The number of aromatic amines is 1. The quantitative estimate of drug-likeness (QED) is 0.327. The molecule has 4 rings (SSSR count). The molecule has 3 N–H and O–H groups in total. The van der Waals surface area contributed by atoms with Crippen molar-refractivity contribution in [1.29, 1.82) is 0 Å². The number of thioether (sulfide) groups is 1. The van der Waals surface area contributed by atoms with Crippen LogP contribution in [0.4, 0.5) is 4.39 Å². The number of hydrogen-bond donors (Lipinski definition) is 3. The normalized spacial score (nSPS) is 13.8. The number of carbonyl (C=O) groups excluding carboxylic acids is 2. The number of aryl methyl sites for hydroxylation is 1. The fourth-order valence-corrected chi connectivity index (χ4v) is 4.95. The van der Waals surface area contributed by atoms with Crippen LogP contribution in [0.2, 0.25) is 0 Å². The molecule has 2 aromatic heterocycles. The number of fused-ring (bicyclic) bond motifs is 1. The van der Waals surface area contributed by atoms with Crippen LogP contribution in [-0.4, -0.2) is 34.9 Å². The zero-order valence-electron chi connectivity index (χ0n) is 20.7. The number of aromatic nitrogens is 2. The summed E-state index contributed by atoms with van der Waals surface area (Å²) in [6.45, 7) is 5.55. The Morgan fingerprint density at radius 1 is 1.22 bits per heavy atom. The van der Waals surface area contributed by atoms with Crippen molar-refractivity contribution in [3.05, 3.63) is 69.1 Å². The van der Waals surface area contributed by atoms with Crippen molar-refractivity contribution >= 4 is 23.6 Å². The summed E-state index contributed by atoms with van der Waals surface area (Å²) in [5.41, 5.74) is 1.89. The van der Waals surface area contributed by atoms with Crippen molar-refractivity contribution < 1.29 is 18.4 Å². The molecule has 0 aliphatic heterocycles. The Balaban J connectivity index is 1.44. The van der Waals surface area contributed by atoms with Gasteiger partial charge in [0.05, 0.1) is 5.69 Å². The van der Waals surface area contributed by atoms with Crippen molar-refractivity contribution in [3.63, 3.8) is 0 Å². The lowest BCUT2D eigenvalue weighted by Gasteiger charge is -2.29. The highest BCUT2D eigenvalue weighted by atomic mass is 32.2. The molecule has 0 radical (unpaired) electrons. The van der Waals surface area contributed by atoms with E-state index in [1.165, 1.54) is 30.9 Å². The molecule has 1 atom stereocenters. The summed E-state index contributed by atoms with van der Waals surface area (Å²) in [7, 11) is 1.51. The Labute approximate surface area is 212 Å². The van der Waals surface area contributed by atoms with Crippen LogP contribution in [0.15, 0.2) is 44.7 Å². The predicted octanol–water partition coefficient (Wildman–Crippen LogP) is 3.84. The lowest BCUT2D eigenvalue weighted by Crippen LogP contribution is -2.52. The van der Waals surface area contributed by atoms with E-state index >= 15 is 0 Å². The SMILES string of the molecule is CNC(=O)[C@H](NC(=O)c1ccc(-c2ccc(CSc3nc4c(c(=O)[nH]3)CCC4)c(F)c2)o1)C(C)(C)C. The molecule has 0 saturated heterocycles. The third-order valence-corrected chi connectivity index (χ3v) is 7.02. The first-order valence-electron chi connectivity index (χ1n) is 11.7. The van der Waals surface area contributed by atoms with E-state index in [-0.39, 0.29) is 17.2 Å². The van der Waals surface area contributed by atoms with Crippen LogP contribution in [0.1, 0.15) is 54.6 Å². The van der Waals surface area contributed by atoms with E-state index < -0.39 is 23.2 Å². The minimum absolute atomic E-state index is 0.0230. The number of amides is 2. The summed E-state index contributed by atoms with van der Waals surface area (Å²) in [6.07, 6.45) is 2.47. The highest BCUT2D eigenvalue weighted by Crippen LogP contribution is 2.28. The van der Waals surface area contributed by atoms with Crippen molar-refractivity contribution in [1.82, 2.24) is 20.6 Å². The van der Waals surface area contributed by atoms with Crippen LogP contribution in [-0.2, 0) is 23.4 Å². The van der Waals surface area contributed by atoms with E-state index in [1.807, 2.05) is 20.8 Å². The number of hydrogen-bond acceptors (Lipinski definition) is 6. The van der Waals surface area contributed by atoms with E-state index in [1.54, 1.807) is 18.2 Å². The molecule has 1 aromatic carbocycles. The number of halogens is 1. The van der Waals surface area contributed by atoms with Gasteiger partial charge in [-0.05, 0) is 48.4 Å². The van der Waals surface area contributed by atoms with Crippen LogP contribution in [0.3, 0.4) is 0 Å². The second-order valence-corrected chi connectivity index (χ2v) is 10.8. The molecule has 0 unspecified atom stereocenters. The summed E-state index contributed by atoms with van der Waals surface area (Å²) < 4.78 is 20.5. The molecule has 0 fully saturated rings. The third kappa shape index (κ3) is 5.53. The molecule has 2 amide bonds. The summed E-state index contributed by atoms with van der Waals surface area (Å²) in [4.78, 5) is 44.4. The van der Waals surface area contributed by atoms with Crippen molar-refractivity contribution in [3.8, 4) is 11.3 Å². The summed E-state index contributed by atoms with van der Waals surface area (Å²) in [5, 5.41) is 5.75. The van der Waals surface area contributed by atoms with E-state index in [4.69, 9.17) is 4.42 Å². The number of nitrogens with zero attached hydrogens (tertiary/aromatic N) is 1. The van der Waals surface area contributed by atoms with Crippen LogP contribution in [0.25, 0.3) is 11.3 Å². The highest BCUT2D eigenvalue weighted by Gasteiger charge is 2.33. The molecule has 3 aromatic rings. The van der Waals surface area contributed by atoms with Gasteiger partial charge in [0.2, 0.25) is 5.91 Å². The smallest absolute Gasteiger partial charge is 0.287 e. The van der Waals surface area contributed by atoms with Crippen LogP contribution < -0.4 is 16.2 Å². The number of benzene rings is 1. The number of H-pyrrole nitrogens is 1. The summed E-state index contributed by atoms with van der Waals surface area (Å²) >= 11 is 1.27. The average molecular weight is 513 g/mol. The molecule has 2 heterocycles. The Hall–Kier alpha value is -3.40. The van der Waals surface area contributed by atoms with Crippen LogP contribution in [0.5, 0.6) is 0 Å². The number of carbonyl (C=O) groups is 2. The lowest BCUT2D eigenvalue weighted by molar-refractivity contribution is -0.124. The average Bonchev–Trinajstić information content (AvgIpc) is 3.50. The predicted molar refractivity (Wildman–Crippen MR) is 135 cm³/mol. The maximum atomic E-state index is 14.9. The topological polar surface area (TPSA) is 117 Å². The van der Waals surface area contributed by atoms with Gasteiger partial charge in [-0.1, -0.05) is 44.7 Å².